The van der Waals surface area contributed by atoms with E-state index in [1.807, 2.05) is 13.0 Å². The first-order chi connectivity index (χ1) is 8.39. The van der Waals surface area contributed by atoms with Crippen molar-refractivity contribution in [2.24, 2.45) is 0 Å². The third-order valence-corrected chi connectivity index (χ3v) is 3.60. The minimum Gasteiger partial charge on any atom is -0.390 e. The molecular weight excluding hydrogens is 232 g/mol. The van der Waals surface area contributed by atoms with E-state index in [1.54, 1.807) is 19.1 Å². The van der Waals surface area contributed by atoms with Gasteiger partial charge in [0.25, 0.3) is 5.69 Å². The van der Waals surface area contributed by atoms with Crippen LogP contribution in [-0.2, 0) is 0 Å². The standard InChI is InChI=1S/C13H18N2O3/c1-10-3-4-11(9-12(10)15(17)18)14-7-5-13(2,16)6-8-14/h3-4,9,16H,5-8H2,1-2H3. The quantitative estimate of drug-likeness (QED) is 0.645. The molecule has 98 valence electrons. The van der Waals surface area contributed by atoms with E-state index in [9.17, 15) is 15.2 Å². The summed E-state index contributed by atoms with van der Waals surface area (Å²) >= 11 is 0. The summed E-state index contributed by atoms with van der Waals surface area (Å²) in [7, 11) is 0. The Morgan fingerprint density at radius 2 is 2.00 bits per heavy atom. The van der Waals surface area contributed by atoms with Gasteiger partial charge >= 0.3 is 0 Å². The molecule has 1 heterocycles. The number of benzene rings is 1. The van der Waals surface area contributed by atoms with Gasteiger partial charge in [0, 0.05) is 30.4 Å². The monoisotopic (exact) mass is 250 g/mol. The lowest BCUT2D eigenvalue weighted by Gasteiger charge is -2.37. The van der Waals surface area contributed by atoms with Crippen molar-refractivity contribution in [1.29, 1.82) is 0 Å². The SMILES string of the molecule is Cc1ccc(N2CCC(C)(O)CC2)cc1[N+](=O)[O-]. The van der Waals surface area contributed by atoms with Crippen molar-refractivity contribution in [2.45, 2.75) is 32.3 Å². The third kappa shape index (κ3) is 2.61. The van der Waals surface area contributed by atoms with Gasteiger partial charge in [-0.2, -0.15) is 0 Å². The Bertz CT molecular complexity index is 461. The molecule has 0 bridgehead atoms. The second kappa shape index (κ2) is 4.57. The highest BCUT2D eigenvalue weighted by Crippen LogP contribution is 2.29. The van der Waals surface area contributed by atoms with Crippen LogP contribution >= 0.6 is 0 Å². The van der Waals surface area contributed by atoms with Crippen molar-refractivity contribution in [3.05, 3.63) is 33.9 Å². The minimum absolute atomic E-state index is 0.157. The maximum absolute atomic E-state index is 10.9. The predicted molar refractivity (Wildman–Crippen MR) is 69.9 cm³/mol. The van der Waals surface area contributed by atoms with Gasteiger partial charge in [0.1, 0.15) is 0 Å². The number of hydrogen-bond donors (Lipinski definition) is 1. The first-order valence-corrected chi connectivity index (χ1v) is 6.11. The molecule has 5 heteroatoms. The van der Waals surface area contributed by atoms with Crippen molar-refractivity contribution in [2.75, 3.05) is 18.0 Å². The molecule has 0 saturated carbocycles. The fourth-order valence-corrected chi connectivity index (χ4v) is 2.24. The summed E-state index contributed by atoms with van der Waals surface area (Å²) in [6, 6.07) is 5.30. The maximum Gasteiger partial charge on any atom is 0.274 e. The largest absolute Gasteiger partial charge is 0.390 e. The molecule has 0 unspecified atom stereocenters. The molecule has 0 aliphatic carbocycles. The van der Waals surface area contributed by atoms with Crippen LogP contribution in [0.3, 0.4) is 0 Å². The van der Waals surface area contributed by atoms with Crippen LogP contribution in [-0.4, -0.2) is 28.7 Å². The second-order valence-electron chi connectivity index (χ2n) is 5.21. The average Bonchev–Trinajstić information content (AvgIpc) is 2.30. The molecular formula is C13H18N2O3. The third-order valence-electron chi connectivity index (χ3n) is 3.60. The van der Waals surface area contributed by atoms with E-state index in [0.29, 0.717) is 18.4 Å². The lowest BCUT2D eigenvalue weighted by Crippen LogP contribution is -2.42. The molecule has 18 heavy (non-hydrogen) atoms. The lowest BCUT2D eigenvalue weighted by atomic mass is 9.93. The minimum atomic E-state index is -0.604. The van der Waals surface area contributed by atoms with E-state index >= 15 is 0 Å². The number of rotatable bonds is 2. The number of aryl methyl sites for hydroxylation is 1. The van der Waals surface area contributed by atoms with E-state index in [-0.39, 0.29) is 10.6 Å². The fourth-order valence-electron chi connectivity index (χ4n) is 2.24. The molecule has 0 amide bonds. The molecule has 0 atom stereocenters. The topological polar surface area (TPSA) is 66.6 Å². The van der Waals surface area contributed by atoms with Gasteiger partial charge in [0.15, 0.2) is 0 Å². The second-order valence-corrected chi connectivity index (χ2v) is 5.21. The van der Waals surface area contributed by atoms with Crippen LogP contribution in [0.5, 0.6) is 0 Å². The molecule has 2 rings (SSSR count). The average molecular weight is 250 g/mol. The first-order valence-electron chi connectivity index (χ1n) is 6.11. The maximum atomic E-state index is 10.9. The van der Waals surface area contributed by atoms with Crippen LogP contribution in [0.25, 0.3) is 0 Å². The molecule has 1 N–H and O–H groups in total. The van der Waals surface area contributed by atoms with Gasteiger partial charge in [0.2, 0.25) is 0 Å². The van der Waals surface area contributed by atoms with Crippen LogP contribution in [0.15, 0.2) is 18.2 Å². The van der Waals surface area contributed by atoms with Crippen LogP contribution < -0.4 is 4.90 Å². The summed E-state index contributed by atoms with van der Waals surface area (Å²) in [6.07, 6.45) is 1.38. The zero-order chi connectivity index (χ0) is 13.3. The smallest absolute Gasteiger partial charge is 0.274 e. The Hall–Kier alpha value is -1.62. The number of nitrogens with zero attached hydrogens (tertiary/aromatic N) is 2. The van der Waals surface area contributed by atoms with Crippen molar-refractivity contribution < 1.29 is 10.0 Å². The molecule has 1 saturated heterocycles. The number of hydrogen-bond acceptors (Lipinski definition) is 4. The first kappa shape index (κ1) is 12.8. The number of anilines is 1. The lowest BCUT2D eigenvalue weighted by molar-refractivity contribution is -0.385. The van der Waals surface area contributed by atoms with E-state index in [2.05, 4.69) is 4.90 Å². The summed E-state index contributed by atoms with van der Waals surface area (Å²) in [5.41, 5.74) is 1.09. The van der Waals surface area contributed by atoms with Gasteiger partial charge in [-0.05, 0) is 32.8 Å². The Morgan fingerprint density at radius 3 is 2.56 bits per heavy atom. The number of nitro groups is 1. The number of piperidine rings is 1. The Morgan fingerprint density at radius 1 is 1.39 bits per heavy atom. The number of nitro benzene ring substituents is 1. The Kier molecular flexibility index (Phi) is 3.26. The predicted octanol–water partition coefficient (Wildman–Crippen LogP) is 2.25. The van der Waals surface area contributed by atoms with Crippen LogP contribution in [0.4, 0.5) is 11.4 Å². The van der Waals surface area contributed by atoms with E-state index in [4.69, 9.17) is 0 Å². The van der Waals surface area contributed by atoms with E-state index in [0.717, 1.165) is 18.8 Å². The molecule has 0 radical (unpaired) electrons. The van der Waals surface area contributed by atoms with Gasteiger partial charge in [-0.25, -0.2) is 0 Å². The van der Waals surface area contributed by atoms with E-state index in [1.165, 1.54) is 0 Å². The van der Waals surface area contributed by atoms with Gasteiger partial charge in [-0.15, -0.1) is 0 Å². The summed E-state index contributed by atoms with van der Waals surface area (Å²) in [4.78, 5) is 12.6. The van der Waals surface area contributed by atoms with Gasteiger partial charge in [0.05, 0.1) is 10.5 Å². The molecule has 5 nitrogen and oxygen atoms in total. The van der Waals surface area contributed by atoms with Crippen molar-refractivity contribution in [1.82, 2.24) is 0 Å². The molecule has 1 aromatic carbocycles. The molecule has 1 aromatic rings. The van der Waals surface area contributed by atoms with Crippen LogP contribution in [0, 0.1) is 17.0 Å². The van der Waals surface area contributed by atoms with Crippen LogP contribution in [0.1, 0.15) is 25.3 Å². The molecule has 0 aromatic heterocycles. The van der Waals surface area contributed by atoms with Gasteiger partial charge in [-0.1, -0.05) is 6.07 Å². The summed E-state index contributed by atoms with van der Waals surface area (Å²) in [5, 5.41) is 20.8. The van der Waals surface area contributed by atoms with Gasteiger partial charge in [-0.3, -0.25) is 10.1 Å². The molecule has 1 fully saturated rings. The zero-order valence-corrected chi connectivity index (χ0v) is 10.7. The summed E-state index contributed by atoms with van der Waals surface area (Å²) in [5.74, 6) is 0. The highest BCUT2D eigenvalue weighted by atomic mass is 16.6. The normalized spacial score (nSPS) is 18.7. The van der Waals surface area contributed by atoms with Crippen molar-refractivity contribution in [3.8, 4) is 0 Å². The summed E-state index contributed by atoms with van der Waals surface area (Å²) in [6.45, 7) is 5.03. The van der Waals surface area contributed by atoms with E-state index < -0.39 is 5.60 Å². The van der Waals surface area contributed by atoms with Crippen molar-refractivity contribution >= 4 is 11.4 Å². The zero-order valence-electron chi connectivity index (χ0n) is 10.7. The number of aliphatic hydroxyl groups is 1. The highest BCUT2D eigenvalue weighted by molar-refractivity contribution is 5.56. The fraction of sp³-hybridized carbons (Fsp3) is 0.538. The molecule has 1 aliphatic heterocycles. The van der Waals surface area contributed by atoms with Crippen molar-refractivity contribution in [3.63, 3.8) is 0 Å². The van der Waals surface area contributed by atoms with Gasteiger partial charge < -0.3 is 10.0 Å². The Balaban J connectivity index is 2.20. The molecule has 0 spiro atoms. The van der Waals surface area contributed by atoms with Crippen LogP contribution in [0.2, 0.25) is 0 Å². The highest BCUT2D eigenvalue weighted by Gasteiger charge is 2.28. The molecule has 1 aliphatic rings. The Labute approximate surface area is 106 Å². The summed E-state index contributed by atoms with van der Waals surface area (Å²) < 4.78 is 0.